The lowest BCUT2D eigenvalue weighted by Crippen LogP contribution is -2.51. The summed E-state index contributed by atoms with van der Waals surface area (Å²) in [5.74, 6) is -0.286. The Morgan fingerprint density at radius 3 is 2.47 bits per heavy atom. The molecule has 0 radical (unpaired) electrons. The van der Waals surface area contributed by atoms with Gasteiger partial charge in [0.05, 0.1) is 6.61 Å². The van der Waals surface area contributed by atoms with Crippen LogP contribution in [0.1, 0.15) is 33.1 Å². The van der Waals surface area contributed by atoms with Crippen LogP contribution in [-0.2, 0) is 9.53 Å². The monoisotopic (exact) mass is 269 g/mol. The number of nitrogens with zero attached hydrogens (tertiary/aromatic N) is 2. The Bertz CT molecular complexity index is 308. The number of rotatable bonds is 6. The molecule has 2 aliphatic rings. The second-order valence-corrected chi connectivity index (χ2v) is 6.00. The molecular weight excluding hydrogens is 242 g/mol. The molecule has 1 atom stereocenters. The van der Waals surface area contributed by atoms with Gasteiger partial charge in [-0.25, -0.2) is 0 Å². The lowest BCUT2D eigenvalue weighted by Gasteiger charge is -2.36. The number of nitrogens with two attached hydrogens (primary N) is 1. The van der Waals surface area contributed by atoms with E-state index in [1.165, 1.54) is 12.8 Å². The first-order valence-corrected chi connectivity index (χ1v) is 7.45. The lowest BCUT2D eigenvalue weighted by molar-refractivity contribution is -0.149. The summed E-state index contributed by atoms with van der Waals surface area (Å²) in [6, 6.07) is 0.862. The van der Waals surface area contributed by atoms with Gasteiger partial charge in [0.25, 0.3) is 0 Å². The maximum Gasteiger partial charge on any atom is 0.325 e. The Morgan fingerprint density at radius 1 is 1.32 bits per heavy atom. The van der Waals surface area contributed by atoms with E-state index in [1.807, 2.05) is 6.92 Å². The molecular formula is C14H27N3O2. The highest BCUT2D eigenvalue weighted by atomic mass is 16.5. The third-order valence-corrected chi connectivity index (χ3v) is 4.16. The molecule has 0 spiro atoms. The molecule has 2 fully saturated rings. The number of ether oxygens (including phenoxy) is 1. The van der Waals surface area contributed by atoms with Gasteiger partial charge in [-0.15, -0.1) is 0 Å². The average Bonchev–Trinajstić information content (AvgIpc) is 3.22. The van der Waals surface area contributed by atoms with Crippen LogP contribution in [0.2, 0.25) is 0 Å². The van der Waals surface area contributed by atoms with Gasteiger partial charge in [-0.2, -0.15) is 0 Å². The first-order chi connectivity index (χ1) is 9.03. The van der Waals surface area contributed by atoms with E-state index in [4.69, 9.17) is 10.5 Å². The van der Waals surface area contributed by atoms with Crippen molar-refractivity contribution in [1.29, 1.82) is 0 Å². The van der Waals surface area contributed by atoms with Crippen LogP contribution in [0, 0.1) is 0 Å². The van der Waals surface area contributed by atoms with Crippen molar-refractivity contribution in [2.24, 2.45) is 5.73 Å². The predicted molar refractivity (Wildman–Crippen MR) is 74.9 cm³/mol. The summed E-state index contributed by atoms with van der Waals surface area (Å²) < 4.78 is 5.01. The molecule has 5 heteroatoms. The number of carbonyl (C=O) groups is 1. The van der Waals surface area contributed by atoms with Crippen LogP contribution >= 0.6 is 0 Å². The summed E-state index contributed by atoms with van der Waals surface area (Å²) in [6.07, 6.45) is 3.42. The number of hydrogen-bond acceptors (Lipinski definition) is 5. The maximum absolute atomic E-state index is 11.7. The van der Waals surface area contributed by atoms with Gasteiger partial charge >= 0.3 is 5.97 Å². The van der Waals surface area contributed by atoms with Gasteiger partial charge in [0.15, 0.2) is 0 Å². The van der Waals surface area contributed by atoms with E-state index in [0.717, 1.165) is 38.8 Å². The van der Waals surface area contributed by atoms with Crippen molar-refractivity contribution in [1.82, 2.24) is 9.80 Å². The van der Waals surface area contributed by atoms with E-state index in [1.54, 1.807) is 6.92 Å². The minimum atomic E-state index is -0.858. The van der Waals surface area contributed by atoms with Crippen LogP contribution in [0.25, 0.3) is 0 Å². The molecule has 1 saturated carbocycles. The van der Waals surface area contributed by atoms with Gasteiger partial charge in [-0.3, -0.25) is 9.69 Å². The summed E-state index contributed by atoms with van der Waals surface area (Å²) >= 11 is 0. The summed E-state index contributed by atoms with van der Waals surface area (Å²) in [4.78, 5) is 16.7. The minimum Gasteiger partial charge on any atom is -0.465 e. The van der Waals surface area contributed by atoms with Crippen LogP contribution < -0.4 is 5.73 Å². The van der Waals surface area contributed by atoms with Crippen LogP contribution in [0.3, 0.4) is 0 Å². The zero-order valence-corrected chi connectivity index (χ0v) is 12.2. The predicted octanol–water partition coefficient (Wildman–Crippen LogP) is 0.437. The van der Waals surface area contributed by atoms with Crippen molar-refractivity contribution < 1.29 is 9.53 Å². The van der Waals surface area contributed by atoms with E-state index in [-0.39, 0.29) is 5.97 Å². The average molecular weight is 269 g/mol. The smallest absolute Gasteiger partial charge is 0.325 e. The summed E-state index contributed by atoms with van der Waals surface area (Å²) in [5, 5.41) is 0. The second-order valence-electron chi connectivity index (χ2n) is 6.00. The van der Waals surface area contributed by atoms with Crippen molar-refractivity contribution in [2.45, 2.75) is 44.7 Å². The van der Waals surface area contributed by atoms with Crippen LogP contribution in [0.5, 0.6) is 0 Å². The fraction of sp³-hybridized carbons (Fsp3) is 0.929. The molecule has 19 heavy (non-hydrogen) atoms. The van der Waals surface area contributed by atoms with Gasteiger partial charge in [0, 0.05) is 38.8 Å². The minimum absolute atomic E-state index is 0.286. The van der Waals surface area contributed by atoms with E-state index in [2.05, 4.69) is 9.80 Å². The van der Waals surface area contributed by atoms with E-state index >= 15 is 0 Å². The molecule has 1 unspecified atom stereocenters. The third-order valence-electron chi connectivity index (χ3n) is 4.16. The van der Waals surface area contributed by atoms with Gasteiger partial charge in [-0.05, 0) is 33.1 Å². The van der Waals surface area contributed by atoms with Crippen molar-refractivity contribution >= 4 is 5.97 Å². The Labute approximate surface area is 116 Å². The van der Waals surface area contributed by atoms with Crippen LogP contribution in [0.4, 0.5) is 0 Å². The van der Waals surface area contributed by atoms with E-state index < -0.39 is 5.54 Å². The highest BCUT2D eigenvalue weighted by Crippen LogP contribution is 2.27. The summed E-state index contributed by atoms with van der Waals surface area (Å²) in [6.45, 7) is 9.36. The number of carbonyl (C=O) groups excluding carboxylic acids is 1. The quantitative estimate of drug-likeness (QED) is 0.709. The Morgan fingerprint density at radius 2 is 1.95 bits per heavy atom. The zero-order chi connectivity index (χ0) is 13.9. The maximum atomic E-state index is 11.7. The highest BCUT2D eigenvalue weighted by Gasteiger charge is 2.33. The molecule has 0 aromatic carbocycles. The van der Waals surface area contributed by atoms with Gasteiger partial charge in [0.1, 0.15) is 5.54 Å². The van der Waals surface area contributed by atoms with Crippen LogP contribution in [0.15, 0.2) is 0 Å². The van der Waals surface area contributed by atoms with Crippen LogP contribution in [-0.4, -0.2) is 66.7 Å². The summed E-state index contributed by atoms with van der Waals surface area (Å²) in [7, 11) is 0. The van der Waals surface area contributed by atoms with Gasteiger partial charge in [0.2, 0.25) is 0 Å². The van der Waals surface area contributed by atoms with Crippen molar-refractivity contribution in [3.8, 4) is 0 Å². The van der Waals surface area contributed by atoms with Gasteiger partial charge < -0.3 is 15.4 Å². The third kappa shape index (κ3) is 4.16. The Hall–Kier alpha value is -0.650. The van der Waals surface area contributed by atoms with Crippen molar-refractivity contribution in [3.05, 3.63) is 0 Å². The molecule has 1 aliphatic carbocycles. The fourth-order valence-electron chi connectivity index (χ4n) is 2.58. The zero-order valence-electron chi connectivity index (χ0n) is 12.2. The molecule has 2 rings (SSSR count). The molecule has 0 aromatic heterocycles. The SMILES string of the molecule is CCOC(=O)C(C)(N)CCN1CCN(C2CC2)CC1. The number of hydrogen-bond donors (Lipinski definition) is 1. The lowest BCUT2D eigenvalue weighted by atomic mass is 9.99. The topological polar surface area (TPSA) is 58.8 Å². The highest BCUT2D eigenvalue weighted by molar-refractivity contribution is 5.79. The van der Waals surface area contributed by atoms with Crippen molar-refractivity contribution in [3.63, 3.8) is 0 Å². The largest absolute Gasteiger partial charge is 0.465 e. The molecule has 110 valence electrons. The second kappa shape index (κ2) is 6.20. The molecule has 1 aliphatic heterocycles. The van der Waals surface area contributed by atoms with E-state index in [0.29, 0.717) is 13.0 Å². The van der Waals surface area contributed by atoms with Gasteiger partial charge in [-0.1, -0.05) is 0 Å². The molecule has 0 aromatic rings. The number of piperazine rings is 1. The Balaban J connectivity index is 1.69. The first-order valence-electron chi connectivity index (χ1n) is 7.45. The molecule has 5 nitrogen and oxygen atoms in total. The van der Waals surface area contributed by atoms with E-state index in [9.17, 15) is 4.79 Å². The number of esters is 1. The molecule has 1 saturated heterocycles. The first kappa shape index (κ1) is 14.8. The fourth-order valence-corrected chi connectivity index (χ4v) is 2.58. The normalized spacial score (nSPS) is 25.0. The standard InChI is InChI=1S/C14H27N3O2/c1-3-19-13(18)14(2,15)6-7-16-8-10-17(11-9-16)12-4-5-12/h12H,3-11,15H2,1-2H3. The van der Waals surface area contributed by atoms with Crippen molar-refractivity contribution in [2.75, 3.05) is 39.3 Å². The summed E-state index contributed by atoms with van der Waals surface area (Å²) in [5.41, 5.74) is 5.18. The Kier molecular flexibility index (Phi) is 4.81. The molecule has 1 heterocycles. The molecule has 2 N–H and O–H groups in total. The molecule has 0 bridgehead atoms. The molecule has 0 amide bonds.